The molecule has 2 amide bonds. The minimum Gasteiger partial charge on any atom is -0.465 e. The first-order valence-corrected chi connectivity index (χ1v) is 11.9. The van der Waals surface area contributed by atoms with Gasteiger partial charge in [-0.2, -0.15) is 22.8 Å². The molecule has 2 fully saturated rings. The number of nitrogens with zero attached hydrogens (tertiary/aromatic N) is 7. The summed E-state index contributed by atoms with van der Waals surface area (Å²) >= 11 is 0. The van der Waals surface area contributed by atoms with Gasteiger partial charge in [-0.05, 0) is 24.5 Å². The largest absolute Gasteiger partial charge is 0.465 e. The van der Waals surface area contributed by atoms with Crippen molar-refractivity contribution in [3.05, 3.63) is 36.2 Å². The van der Waals surface area contributed by atoms with Gasteiger partial charge >= 0.3 is 12.3 Å². The number of hydrogen-bond acceptors (Lipinski definition) is 7. The van der Waals surface area contributed by atoms with Gasteiger partial charge < -0.3 is 20.6 Å². The number of aryl methyl sites for hydroxylation is 1. The van der Waals surface area contributed by atoms with E-state index in [0.29, 0.717) is 10.9 Å². The normalized spacial score (nSPS) is 19.4. The van der Waals surface area contributed by atoms with Gasteiger partial charge in [-0.1, -0.05) is 12.1 Å². The highest BCUT2D eigenvalue weighted by atomic mass is 19.4. The van der Waals surface area contributed by atoms with Crippen LogP contribution in [0.2, 0.25) is 0 Å². The first-order valence-electron chi connectivity index (χ1n) is 11.9. The monoisotopic (exact) mass is 529 g/mol. The van der Waals surface area contributed by atoms with Crippen LogP contribution in [0.5, 0.6) is 0 Å². The van der Waals surface area contributed by atoms with Crippen LogP contribution in [0.1, 0.15) is 18.4 Å². The molecule has 12 nitrogen and oxygen atoms in total. The van der Waals surface area contributed by atoms with Crippen molar-refractivity contribution < 1.29 is 27.9 Å². The second-order valence-corrected chi connectivity index (χ2v) is 9.51. The van der Waals surface area contributed by atoms with Crippen LogP contribution in [0.25, 0.3) is 27.9 Å². The lowest BCUT2D eigenvalue weighted by Gasteiger charge is -2.23. The average molecular weight is 529 g/mol. The van der Waals surface area contributed by atoms with Crippen molar-refractivity contribution in [1.29, 1.82) is 0 Å². The molecule has 15 heteroatoms. The van der Waals surface area contributed by atoms with E-state index in [2.05, 4.69) is 30.8 Å². The standard InChI is InChI=1S/C23H22F3N9O3/c1-33-10-12(9-28-33)17-31-18-13-3-2-4-14(22(5-6-22)23(24,25)26)16(13)30-20(35(18)32-17)29-15-11-34(21(37)38)8-7-27-19(15)36/h2-4,9-10,15H,5-8,11H2,1H3,(H,27,36)(H,29,30)(H,37,38)/t15-/m1/s1. The van der Waals surface area contributed by atoms with Crippen LogP contribution in [-0.4, -0.2) is 83.2 Å². The summed E-state index contributed by atoms with van der Waals surface area (Å²) in [6.45, 7) is 0.0177. The van der Waals surface area contributed by atoms with Crippen molar-refractivity contribution in [3.63, 3.8) is 0 Å². The lowest BCUT2D eigenvalue weighted by atomic mass is 9.93. The summed E-state index contributed by atoms with van der Waals surface area (Å²) in [5, 5.41) is 24.1. The summed E-state index contributed by atoms with van der Waals surface area (Å²) < 4.78 is 45.3. The Labute approximate surface area is 212 Å². The maximum atomic E-state index is 14.1. The van der Waals surface area contributed by atoms with Gasteiger partial charge in [0.1, 0.15) is 6.04 Å². The zero-order chi connectivity index (χ0) is 26.8. The van der Waals surface area contributed by atoms with Crippen molar-refractivity contribution >= 4 is 34.5 Å². The summed E-state index contributed by atoms with van der Waals surface area (Å²) in [5.74, 6) is -0.248. The van der Waals surface area contributed by atoms with Gasteiger partial charge in [0.2, 0.25) is 11.9 Å². The van der Waals surface area contributed by atoms with E-state index >= 15 is 0 Å². The topological polar surface area (TPSA) is 143 Å². The molecule has 1 saturated carbocycles. The van der Waals surface area contributed by atoms with Gasteiger partial charge in [-0.15, -0.1) is 5.10 Å². The molecule has 1 aliphatic heterocycles. The van der Waals surface area contributed by atoms with Gasteiger partial charge in [0.25, 0.3) is 0 Å². The number of fused-ring (bicyclic) bond motifs is 3. The predicted molar refractivity (Wildman–Crippen MR) is 127 cm³/mol. The first-order chi connectivity index (χ1) is 18.1. The third-order valence-electron chi connectivity index (χ3n) is 7.05. The van der Waals surface area contributed by atoms with E-state index in [9.17, 15) is 27.9 Å². The lowest BCUT2D eigenvalue weighted by Crippen LogP contribution is -2.44. The van der Waals surface area contributed by atoms with Crippen LogP contribution in [0.4, 0.5) is 23.9 Å². The maximum absolute atomic E-state index is 14.1. The number of anilines is 1. The highest BCUT2D eigenvalue weighted by Crippen LogP contribution is 2.60. The summed E-state index contributed by atoms with van der Waals surface area (Å²) in [6, 6.07) is 3.51. The fourth-order valence-corrected chi connectivity index (χ4v) is 4.87. The molecule has 3 N–H and O–H groups in total. The van der Waals surface area contributed by atoms with Crippen LogP contribution >= 0.6 is 0 Å². The maximum Gasteiger partial charge on any atom is 0.407 e. The quantitative estimate of drug-likeness (QED) is 0.365. The average Bonchev–Trinajstić information content (AvgIpc) is 3.44. The number of nitrogens with one attached hydrogen (secondary N) is 2. The Morgan fingerprint density at radius 3 is 2.71 bits per heavy atom. The van der Waals surface area contributed by atoms with Gasteiger partial charge in [-0.25, -0.2) is 14.8 Å². The Hall–Kier alpha value is -4.43. The summed E-state index contributed by atoms with van der Waals surface area (Å²) in [5.41, 5.74) is -1.09. The summed E-state index contributed by atoms with van der Waals surface area (Å²) in [7, 11) is 1.72. The number of alkyl halides is 3. The molecule has 0 spiro atoms. The van der Waals surface area contributed by atoms with E-state index in [-0.39, 0.29) is 61.0 Å². The molecule has 38 heavy (non-hydrogen) atoms. The zero-order valence-corrected chi connectivity index (χ0v) is 20.0. The molecule has 1 atom stereocenters. The molecule has 4 aromatic rings. The van der Waals surface area contributed by atoms with E-state index in [1.165, 1.54) is 10.6 Å². The molecular weight excluding hydrogens is 507 g/mol. The Bertz CT molecular complexity index is 1590. The summed E-state index contributed by atoms with van der Waals surface area (Å²) in [4.78, 5) is 34.6. The number of carboxylic acid groups (broad SMARTS) is 1. The fourth-order valence-electron chi connectivity index (χ4n) is 4.87. The molecule has 4 heterocycles. The Morgan fingerprint density at radius 2 is 2.05 bits per heavy atom. The van der Waals surface area contributed by atoms with E-state index in [4.69, 9.17) is 0 Å². The zero-order valence-electron chi connectivity index (χ0n) is 20.0. The Balaban J connectivity index is 1.55. The van der Waals surface area contributed by atoms with E-state index in [1.54, 1.807) is 36.3 Å². The minimum atomic E-state index is -4.47. The molecule has 3 aromatic heterocycles. The smallest absolute Gasteiger partial charge is 0.407 e. The van der Waals surface area contributed by atoms with Crippen LogP contribution in [0.15, 0.2) is 30.6 Å². The van der Waals surface area contributed by atoms with E-state index in [1.807, 2.05) is 0 Å². The SMILES string of the molecule is Cn1cc(-c2nc3c4cccc(C5(C(F)(F)F)CC5)c4nc(N[C@@H]4CN(C(=O)O)CCNC4=O)n3n2)cn1. The van der Waals surface area contributed by atoms with Crippen LogP contribution < -0.4 is 10.6 Å². The molecule has 0 radical (unpaired) electrons. The molecule has 0 bridgehead atoms. The fraction of sp³-hybridized carbons (Fsp3) is 0.391. The molecule has 1 aromatic carbocycles. The van der Waals surface area contributed by atoms with Crippen LogP contribution in [0, 0.1) is 0 Å². The van der Waals surface area contributed by atoms with Crippen molar-refractivity contribution in [2.45, 2.75) is 30.5 Å². The number of carbonyl (C=O) groups excluding carboxylic acids is 1. The molecule has 1 aliphatic carbocycles. The third-order valence-corrected chi connectivity index (χ3v) is 7.05. The molecule has 6 rings (SSSR count). The van der Waals surface area contributed by atoms with Gasteiger partial charge in [0.15, 0.2) is 11.5 Å². The number of carbonyl (C=O) groups is 2. The number of aromatic nitrogens is 6. The summed E-state index contributed by atoms with van der Waals surface area (Å²) in [6.07, 6.45) is -2.55. The Kier molecular flexibility index (Phi) is 5.22. The van der Waals surface area contributed by atoms with E-state index < -0.39 is 29.6 Å². The predicted octanol–water partition coefficient (Wildman–Crippen LogP) is 2.16. The van der Waals surface area contributed by atoms with Gasteiger partial charge in [-0.3, -0.25) is 9.48 Å². The van der Waals surface area contributed by atoms with Crippen molar-refractivity contribution in [1.82, 2.24) is 39.6 Å². The van der Waals surface area contributed by atoms with Crippen molar-refractivity contribution in [2.24, 2.45) is 7.05 Å². The van der Waals surface area contributed by atoms with Crippen LogP contribution in [-0.2, 0) is 17.3 Å². The van der Waals surface area contributed by atoms with Gasteiger partial charge in [0.05, 0.1) is 29.2 Å². The number of para-hydroxylation sites is 1. The second kappa shape index (κ2) is 8.29. The van der Waals surface area contributed by atoms with Crippen molar-refractivity contribution in [3.8, 4) is 11.4 Å². The van der Waals surface area contributed by atoms with E-state index in [0.717, 1.165) is 4.90 Å². The highest BCUT2D eigenvalue weighted by molar-refractivity contribution is 5.96. The number of halogens is 3. The molecule has 2 aliphatic rings. The number of amides is 2. The second-order valence-electron chi connectivity index (χ2n) is 9.51. The third kappa shape index (κ3) is 3.76. The molecule has 198 valence electrons. The number of hydrogen-bond donors (Lipinski definition) is 3. The number of rotatable bonds is 4. The molecule has 1 saturated heterocycles. The highest BCUT2D eigenvalue weighted by Gasteiger charge is 2.65. The minimum absolute atomic E-state index is 0.0245. The molecule has 0 unspecified atom stereocenters. The van der Waals surface area contributed by atoms with Crippen molar-refractivity contribution in [2.75, 3.05) is 25.0 Å². The lowest BCUT2D eigenvalue weighted by molar-refractivity contribution is -0.160. The van der Waals surface area contributed by atoms with Gasteiger partial charge in [0, 0.05) is 31.7 Å². The molecular formula is C23H22F3N9O3. The number of benzene rings is 1. The first kappa shape index (κ1) is 23.9. The van der Waals surface area contributed by atoms with Crippen LogP contribution in [0.3, 0.4) is 0 Å². The Morgan fingerprint density at radius 1 is 1.26 bits per heavy atom.